The van der Waals surface area contributed by atoms with Crippen molar-refractivity contribution in [2.45, 2.75) is 70.9 Å². The van der Waals surface area contributed by atoms with E-state index in [-0.39, 0.29) is 47.7 Å². The van der Waals surface area contributed by atoms with Crippen LogP contribution in [0, 0.1) is 22.6 Å². The molecule has 37 heavy (non-hydrogen) atoms. The Morgan fingerprint density at radius 3 is 2.41 bits per heavy atom. The summed E-state index contributed by atoms with van der Waals surface area (Å²) in [5.41, 5.74) is -0.598. The van der Waals surface area contributed by atoms with Crippen LogP contribution in [0.25, 0.3) is 0 Å². The maximum Gasteiger partial charge on any atom is 0.309 e. The van der Waals surface area contributed by atoms with Gasteiger partial charge in [0.1, 0.15) is 5.75 Å². The fourth-order valence-electron chi connectivity index (χ4n) is 5.30. The van der Waals surface area contributed by atoms with Crippen LogP contribution in [0.15, 0.2) is 12.1 Å². The first-order chi connectivity index (χ1) is 17.5. The third-order valence-corrected chi connectivity index (χ3v) is 8.33. The van der Waals surface area contributed by atoms with E-state index in [1.165, 1.54) is 19.6 Å². The van der Waals surface area contributed by atoms with Gasteiger partial charge in [0.25, 0.3) is 5.91 Å². The molecule has 2 saturated carbocycles. The number of carboxylic acids is 1. The minimum atomic E-state index is -0.847. The fraction of sp³-hybridized carbons (Fsp3) is 0.667. The van der Waals surface area contributed by atoms with E-state index in [1.807, 2.05) is 0 Å². The SMILES string of the molecule is COc1cc(F)c(OC2CCC(C)(C(=O)O)CC2)cc1C(=O)NC1COC[C@H]1C(=O)NCC1(C)CCC1. The number of amides is 2. The van der Waals surface area contributed by atoms with Crippen LogP contribution in [0.3, 0.4) is 0 Å². The number of carboxylic acid groups (broad SMARTS) is 1. The fourth-order valence-corrected chi connectivity index (χ4v) is 5.30. The lowest BCUT2D eigenvalue weighted by Crippen LogP contribution is -2.48. The number of rotatable bonds is 9. The van der Waals surface area contributed by atoms with E-state index in [1.54, 1.807) is 6.92 Å². The van der Waals surface area contributed by atoms with Crippen LogP contribution in [-0.4, -0.2) is 61.9 Å². The minimum Gasteiger partial charge on any atom is -0.496 e. The standard InChI is InChI=1S/C27H37FN2O7/c1-26(7-4-8-26)15-29-23(31)18-13-36-14-20(18)30-24(32)17-11-22(19(28)12-21(17)35-3)37-16-5-9-27(2,10-6-16)25(33)34/h11-12,16,18,20H,4-10,13-15H2,1-3H3,(H,29,31)(H,30,32)(H,33,34)/t16?,18-,20?,27?/m1/s1. The number of carbonyl (C=O) groups excluding carboxylic acids is 2. The number of hydrogen-bond acceptors (Lipinski definition) is 6. The van der Waals surface area contributed by atoms with Gasteiger partial charge in [-0.2, -0.15) is 0 Å². The Balaban J connectivity index is 1.41. The summed E-state index contributed by atoms with van der Waals surface area (Å²) in [5.74, 6) is -2.78. The van der Waals surface area contributed by atoms with Gasteiger partial charge in [-0.25, -0.2) is 4.39 Å². The average Bonchev–Trinajstić information content (AvgIpc) is 3.31. The Labute approximate surface area is 216 Å². The molecule has 10 heteroatoms. The molecule has 204 valence electrons. The molecule has 1 aliphatic heterocycles. The second-order valence-corrected chi connectivity index (χ2v) is 11.3. The highest BCUT2D eigenvalue weighted by atomic mass is 19.1. The summed E-state index contributed by atoms with van der Waals surface area (Å²) >= 11 is 0. The molecule has 1 aromatic carbocycles. The quantitative estimate of drug-likeness (QED) is 0.457. The van der Waals surface area contributed by atoms with Crippen LogP contribution in [-0.2, 0) is 14.3 Å². The highest BCUT2D eigenvalue weighted by Crippen LogP contribution is 2.40. The number of ether oxygens (including phenoxy) is 3. The van der Waals surface area contributed by atoms with Crippen molar-refractivity contribution in [3.63, 3.8) is 0 Å². The maximum absolute atomic E-state index is 14.8. The van der Waals surface area contributed by atoms with E-state index in [4.69, 9.17) is 14.2 Å². The van der Waals surface area contributed by atoms with Crippen LogP contribution in [0.2, 0.25) is 0 Å². The van der Waals surface area contributed by atoms with Gasteiger partial charge in [0.2, 0.25) is 5.91 Å². The monoisotopic (exact) mass is 520 g/mol. The zero-order valence-corrected chi connectivity index (χ0v) is 21.7. The van der Waals surface area contributed by atoms with Crippen LogP contribution in [0.5, 0.6) is 11.5 Å². The van der Waals surface area contributed by atoms with Crippen LogP contribution in [0.1, 0.15) is 69.2 Å². The number of hydrogen-bond donors (Lipinski definition) is 3. The van der Waals surface area contributed by atoms with Crippen molar-refractivity contribution in [2.75, 3.05) is 26.9 Å². The van der Waals surface area contributed by atoms with Crippen LogP contribution in [0.4, 0.5) is 4.39 Å². The number of benzene rings is 1. The van der Waals surface area contributed by atoms with Gasteiger partial charge in [-0.05, 0) is 56.9 Å². The summed E-state index contributed by atoms with van der Waals surface area (Å²) in [5, 5.41) is 15.3. The molecule has 1 unspecified atom stereocenters. The predicted octanol–water partition coefficient (Wildman–Crippen LogP) is 3.30. The van der Waals surface area contributed by atoms with Gasteiger partial charge in [0.15, 0.2) is 11.6 Å². The smallest absolute Gasteiger partial charge is 0.309 e. The summed E-state index contributed by atoms with van der Waals surface area (Å²) in [6, 6.07) is 1.87. The zero-order chi connectivity index (χ0) is 26.8. The molecule has 1 heterocycles. The number of carbonyl (C=O) groups is 3. The van der Waals surface area contributed by atoms with E-state index in [0.717, 1.165) is 18.9 Å². The molecule has 0 spiro atoms. The predicted molar refractivity (Wildman–Crippen MR) is 132 cm³/mol. The highest BCUT2D eigenvalue weighted by molar-refractivity contribution is 5.98. The van der Waals surface area contributed by atoms with E-state index in [0.29, 0.717) is 32.2 Å². The molecule has 0 aromatic heterocycles. The van der Waals surface area contributed by atoms with Crippen molar-refractivity contribution in [1.29, 1.82) is 0 Å². The van der Waals surface area contributed by atoms with E-state index < -0.39 is 35.1 Å². The minimum absolute atomic E-state index is 0.0438. The number of methoxy groups -OCH3 is 1. The molecule has 9 nitrogen and oxygen atoms in total. The van der Waals surface area contributed by atoms with Gasteiger partial charge >= 0.3 is 5.97 Å². The Hall–Kier alpha value is -2.88. The van der Waals surface area contributed by atoms with Gasteiger partial charge in [-0.1, -0.05) is 13.3 Å². The molecule has 0 radical (unpaired) electrons. The molecule has 2 atom stereocenters. The topological polar surface area (TPSA) is 123 Å². The Morgan fingerprint density at radius 2 is 1.81 bits per heavy atom. The van der Waals surface area contributed by atoms with Crippen molar-refractivity contribution in [1.82, 2.24) is 10.6 Å². The zero-order valence-electron chi connectivity index (χ0n) is 21.7. The molecular weight excluding hydrogens is 483 g/mol. The lowest BCUT2D eigenvalue weighted by atomic mass is 9.70. The second-order valence-electron chi connectivity index (χ2n) is 11.3. The molecule has 2 aliphatic carbocycles. The van der Waals surface area contributed by atoms with Crippen molar-refractivity contribution in [3.8, 4) is 11.5 Å². The third-order valence-electron chi connectivity index (χ3n) is 8.33. The molecular formula is C27H37FN2O7. The highest BCUT2D eigenvalue weighted by Gasteiger charge is 2.40. The summed E-state index contributed by atoms with van der Waals surface area (Å²) in [6.45, 7) is 4.86. The first-order valence-corrected chi connectivity index (χ1v) is 13.0. The molecule has 2 amide bonds. The van der Waals surface area contributed by atoms with Crippen LogP contribution >= 0.6 is 0 Å². The van der Waals surface area contributed by atoms with Crippen molar-refractivity contribution >= 4 is 17.8 Å². The maximum atomic E-state index is 14.8. The lowest BCUT2D eigenvalue weighted by molar-refractivity contribution is -0.150. The number of halogens is 1. The third kappa shape index (κ3) is 6.00. The number of aliphatic carboxylic acids is 1. The largest absolute Gasteiger partial charge is 0.496 e. The normalized spacial score (nSPS) is 28.6. The Morgan fingerprint density at radius 1 is 1.11 bits per heavy atom. The summed E-state index contributed by atoms with van der Waals surface area (Å²) in [7, 11) is 1.34. The van der Waals surface area contributed by atoms with Crippen molar-refractivity contribution in [3.05, 3.63) is 23.5 Å². The van der Waals surface area contributed by atoms with Gasteiger partial charge in [0, 0.05) is 12.6 Å². The average molecular weight is 521 g/mol. The Bertz CT molecular complexity index is 1030. The summed E-state index contributed by atoms with van der Waals surface area (Å²) in [6.07, 6.45) is 4.75. The van der Waals surface area contributed by atoms with E-state index >= 15 is 0 Å². The van der Waals surface area contributed by atoms with Gasteiger partial charge in [-0.3, -0.25) is 14.4 Å². The summed E-state index contributed by atoms with van der Waals surface area (Å²) in [4.78, 5) is 37.5. The summed E-state index contributed by atoms with van der Waals surface area (Å²) < 4.78 is 31.4. The van der Waals surface area contributed by atoms with E-state index in [9.17, 15) is 23.9 Å². The molecule has 3 fully saturated rings. The second kappa shape index (κ2) is 10.8. The molecule has 1 aromatic rings. The molecule has 4 rings (SSSR count). The first kappa shape index (κ1) is 27.2. The van der Waals surface area contributed by atoms with Crippen molar-refractivity contribution in [2.24, 2.45) is 16.7 Å². The lowest BCUT2D eigenvalue weighted by Gasteiger charge is -2.38. The molecule has 3 aliphatic rings. The molecule has 3 N–H and O–H groups in total. The van der Waals surface area contributed by atoms with Crippen LogP contribution < -0.4 is 20.1 Å². The molecule has 1 saturated heterocycles. The molecule has 0 bridgehead atoms. The van der Waals surface area contributed by atoms with Gasteiger partial charge < -0.3 is 30.0 Å². The van der Waals surface area contributed by atoms with Gasteiger partial charge in [0.05, 0.1) is 49.4 Å². The van der Waals surface area contributed by atoms with Gasteiger partial charge in [-0.15, -0.1) is 0 Å². The first-order valence-electron chi connectivity index (χ1n) is 13.0. The Kier molecular flexibility index (Phi) is 7.96. The number of nitrogens with one attached hydrogen (secondary N) is 2. The van der Waals surface area contributed by atoms with E-state index in [2.05, 4.69) is 17.6 Å². The van der Waals surface area contributed by atoms with Crippen molar-refractivity contribution < 1.29 is 38.1 Å².